The number of aldehydes is 2. The Morgan fingerprint density at radius 2 is 1.32 bits per heavy atom. The van der Waals surface area contributed by atoms with E-state index in [1.54, 1.807) is 12.1 Å². The van der Waals surface area contributed by atoms with E-state index >= 15 is 0 Å². The highest BCUT2D eigenvalue weighted by molar-refractivity contribution is 5.84. The van der Waals surface area contributed by atoms with Crippen molar-refractivity contribution in [3.05, 3.63) is 65.0 Å². The second-order valence-electron chi connectivity index (χ2n) is 6.52. The van der Waals surface area contributed by atoms with Gasteiger partial charge in [-0.3, -0.25) is 9.59 Å². The molecule has 4 rings (SSSR count). The molecule has 0 radical (unpaired) electrons. The Bertz CT molecular complexity index is 830. The lowest BCUT2D eigenvalue weighted by Gasteiger charge is -2.29. The highest BCUT2D eigenvalue weighted by Gasteiger charge is 2.18. The van der Waals surface area contributed by atoms with Crippen LogP contribution in [0.2, 0.25) is 0 Å². The molecule has 0 aromatic heterocycles. The van der Waals surface area contributed by atoms with Gasteiger partial charge in [0.1, 0.15) is 5.82 Å². The molecule has 0 saturated carbocycles. The summed E-state index contributed by atoms with van der Waals surface area (Å²) in [5.74, 6) is -2.43. The molecule has 31 heavy (non-hydrogen) atoms. The Morgan fingerprint density at radius 3 is 1.81 bits per heavy atom. The minimum Gasteiger partial charge on any atom is -0.379 e. The van der Waals surface area contributed by atoms with Gasteiger partial charge in [-0.1, -0.05) is 12.1 Å². The standard InChI is InChI=1S/C11H12FNO2.C7H4F2O.C4H9NO/c12-10-3-1-2-9(8-14)11(10)13-4-6-15-7-5-13;8-6-3-1-2-5(4-10)7(6)9;1-3-6-4-2-5-1/h1-3,8H,4-7H2;1-4H;5H,1-4H2. The Balaban J connectivity index is 0.000000183. The molecule has 2 fully saturated rings. The molecule has 0 atom stereocenters. The van der Waals surface area contributed by atoms with Crippen LogP contribution < -0.4 is 10.2 Å². The van der Waals surface area contributed by atoms with Crippen LogP contribution in [0.4, 0.5) is 18.9 Å². The van der Waals surface area contributed by atoms with Crippen LogP contribution in [0.1, 0.15) is 20.7 Å². The number of ether oxygens (including phenoxy) is 2. The minimum absolute atomic E-state index is 0.250. The van der Waals surface area contributed by atoms with Gasteiger partial charge in [0.05, 0.1) is 37.7 Å². The number of hydrogen-bond donors (Lipinski definition) is 1. The molecule has 2 heterocycles. The summed E-state index contributed by atoms with van der Waals surface area (Å²) in [7, 11) is 0. The van der Waals surface area contributed by atoms with Crippen LogP contribution >= 0.6 is 0 Å². The molecule has 0 aliphatic carbocycles. The lowest BCUT2D eigenvalue weighted by molar-refractivity contribution is 0.109. The summed E-state index contributed by atoms with van der Waals surface area (Å²) in [6.07, 6.45) is 0.965. The summed E-state index contributed by atoms with van der Waals surface area (Å²) in [6, 6.07) is 8.00. The predicted octanol–water partition coefficient (Wildman–Crippen LogP) is 2.86. The number of morpholine rings is 2. The number of carbonyl (C=O) groups is 2. The van der Waals surface area contributed by atoms with Gasteiger partial charge in [0.25, 0.3) is 0 Å². The fraction of sp³-hybridized carbons (Fsp3) is 0.364. The molecule has 2 aliphatic rings. The van der Waals surface area contributed by atoms with Gasteiger partial charge in [0, 0.05) is 31.7 Å². The van der Waals surface area contributed by atoms with Crippen LogP contribution in [0.15, 0.2) is 36.4 Å². The van der Waals surface area contributed by atoms with Gasteiger partial charge in [0.2, 0.25) is 0 Å². The first-order valence-electron chi connectivity index (χ1n) is 9.82. The van der Waals surface area contributed by atoms with E-state index in [4.69, 9.17) is 9.47 Å². The SMILES string of the molecule is C1COCCN1.O=Cc1cccc(F)c1F.O=Cc1cccc(F)c1N1CCOCC1. The Hall–Kier alpha value is -2.75. The van der Waals surface area contributed by atoms with Crippen molar-refractivity contribution in [1.82, 2.24) is 5.32 Å². The largest absolute Gasteiger partial charge is 0.379 e. The molecule has 0 spiro atoms. The van der Waals surface area contributed by atoms with Crippen molar-refractivity contribution in [2.45, 2.75) is 0 Å². The number of para-hydroxylation sites is 1. The summed E-state index contributed by atoms with van der Waals surface area (Å²) in [5, 5.41) is 3.16. The van der Waals surface area contributed by atoms with Crippen molar-refractivity contribution >= 4 is 18.3 Å². The number of halogens is 3. The quantitative estimate of drug-likeness (QED) is 0.744. The Kier molecular flexibility index (Phi) is 10.7. The number of rotatable bonds is 3. The van der Waals surface area contributed by atoms with Crippen molar-refractivity contribution in [3.63, 3.8) is 0 Å². The number of hydrogen-bond acceptors (Lipinski definition) is 6. The van der Waals surface area contributed by atoms with Gasteiger partial charge in [-0.05, 0) is 24.3 Å². The normalized spacial score (nSPS) is 15.6. The third-order valence-electron chi connectivity index (χ3n) is 4.43. The summed E-state index contributed by atoms with van der Waals surface area (Å²) < 4.78 is 48.4. The molecule has 6 nitrogen and oxygen atoms in total. The average molecular weight is 438 g/mol. The van der Waals surface area contributed by atoms with Gasteiger partial charge < -0.3 is 19.7 Å². The number of nitrogens with zero attached hydrogens (tertiary/aromatic N) is 1. The summed E-state index contributed by atoms with van der Waals surface area (Å²) in [6.45, 7) is 6.24. The smallest absolute Gasteiger partial charge is 0.169 e. The Morgan fingerprint density at radius 1 is 0.774 bits per heavy atom. The fourth-order valence-electron chi connectivity index (χ4n) is 2.87. The van der Waals surface area contributed by atoms with Gasteiger partial charge in [-0.2, -0.15) is 0 Å². The topological polar surface area (TPSA) is 67.9 Å². The molecule has 9 heteroatoms. The van der Waals surface area contributed by atoms with Crippen LogP contribution in [0.5, 0.6) is 0 Å². The lowest BCUT2D eigenvalue weighted by Crippen LogP contribution is -2.37. The molecule has 2 aromatic rings. The highest BCUT2D eigenvalue weighted by atomic mass is 19.2. The maximum absolute atomic E-state index is 13.6. The molecular weight excluding hydrogens is 413 g/mol. The molecular formula is C22H25F3N2O4. The molecule has 1 N–H and O–H groups in total. The van der Waals surface area contributed by atoms with Gasteiger partial charge in [-0.15, -0.1) is 0 Å². The first-order valence-corrected chi connectivity index (χ1v) is 9.82. The molecule has 0 amide bonds. The maximum atomic E-state index is 13.6. The monoisotopic (exact) mass is 438 g/mol. The van der Waals surface area contributed by atoms with Gasteiger partial charge >= 0.3 is 0 Å². The second-order valence-corrected chi connectivity index (χ2v) is 6.52. The number of carbonyl (C=O) groups excluding carboxylic acids is 2. The molecule has 2 aliphatic heterocycles. The fourth-order valence-corrected chi connectivity index (χ4v) is 2.87. The van der Waals surface area contributed by atoms with Gasteiger partial charge in [0.15, 0.2) is 24.2 Å². The zero-order valence-corrected chi connectivity index (χ0v) is 17.0. The summed E-state index contributed by atoms with van der Waals surface area (Å²) in [4.78, 5) is 22.6. The van der Waals surface area contributed by atoms with Crippen molar-refractivity contribution in [1.29, 1.82) is 0 Å². The van der Waals surface area contributed by atoms with Crippen LogP contribution in [0.25, 0.3) is 0 Å². The van der Waals surface area contributed by atoms with Crippen molar-refractivity contribution in [2.75, 3.05) is 57.5 Å². The Labute approximate surface area is 178 Å². The van der Waals surface area contributed by atoms with E-state index in [-0.39, 0.29) is 17.7 Å². The summed E-state index contributed by atoms with van der Waals surface area (Å²) >= 11 is 0. The first-order chi connectivity index (χ1) is 15.1. The van der Waals surface area contributed by atoms with Crippen LogP contribution in [-0.4, -0.2) is 65.2 Å². The maximum Gasteiger partial charge on any atom is 0.169 e. The van der Waals surface area contributed by atoms with Crippen molar-refractivity contribution in [2.24, 2.45) is 0 Å². The first kappa shape index (κ1) is 24.5. The van der Waals surface area contributed by atoms with E-state index in [1.165, 1.54) is 18.2 Å². The molecule has 2 aromatic carbocycles. The second kappa shape index (κ2) is 13.5. The van der Waals surface area contributed by atoms with Crippen molar-refractivity contribution in [3.8, 4) is 0 Å². The molecule has 0 bridgehead atoms. The van der Waals surface area contributed by atoms with E-state index in [1.807, 2.05) is 4.90 Å². The molecule has 0 unspecified atom stereocenters. The number of anilines is 1. The zero-order valence-electron chi connectivity index (χ0n) is 17.0. The molecule has 168 valence electrons. The molecule has 2 saturated heterocycles. The zero-order chi connectivity index (χ0) is 22.5. The van der Waals surface area contributed by atoms with E-state index in [9.17, 15) is 22.8 Å². The average Bonchev–Trinajstić information content (AvgIpc) is 2.83. The number of benzene rings is 2. The summed E-state index contributed by atoms with van der Waals surface area (Å²) in [5.41, 5.74) is 0.549. The minimum atomic E-state index is -1.09. The van der Waals surface area contributed by atoms with Crippen LogP contribution in [-0.2, 0) is 9.47 Å². The van der Waals surface area contributed by atoms with Gasteiger partial charge in [-0.25, -0.2) is 13.2 Å². The third kappa shape index (κ3) is 7.78. The van der Waals surface area contributed by atoms with E-state index in [0.29, 0.717) is 43.8 Å². The highest BCUT2D eigenvalue weighted by Crippen LogP contribution is 2.23. The lowest BCUT2D eigenvalue weighted by atomic mass is 10.1. The van der Waals surface area contributed by atoms with E-state index in [0.717, 1.165) is 32.4 Å². The number of nitrogens with one attached hydrogen (secondary N) is 1. The van der Waals surface area contributed by atoms with Crippen LogP contribution in [0, 0.1) is 17.5 Å². The van der Waals surface area contributed by atoms with Crippen LogP contribution in [0.3, 0.4) is 0 Å². The third-order valence-corrected chi connectivity index (χ3v) is 4.43. The van der Waals surface area contributed by atoms with E-state index in [2.05, 4.69) is 5.32 Å². The van der Waals surface area contributed by atoms with Crippen molar-refractivity contribution < 1.29 is 32.2 Å². The predicted molar refractivity (Wildman–Crippen MR) is 110 cm³/mol. The van der Waals surface area contributed by atoms with E-state index < -0.39 is 11.6 Å².